The quantitative estimate of drug-likeness (QED) is 0.314. The Morgan fingerprint density at radius 1 is 1.12 bits per heavy atom. The molecule has 2 heterocycles. The fourth-order valence-corrected chi connectivity index (χ4v) is 4.23. The molecule has 1 atom stereocenters. The molecule has 162 valence electrons. The minimum absolute atomic E-state index is 0.119. The molecule has 1 aliphatic rings. The van der Waals surface area contributed by atoms with Gasteiger partial charge in [-0.3, -0.25) is 19.5 Å². The predicted octanol–water partition coefficient (Wildman–Crippen LogP) is 4.49. The summed E-state index contributed by atoms with van der Waals surface area (Å²) in [7, 11) is 1.51. The van der Waals surface area contributed by atoms with Crippen molar-refractivity contribution in [2.45, 2.75) is 13.0 Å². The molecule has 0 spiro atoms. The first-order valence-corrected chi connectivity index (χ1v) is 10.5. The van der Waals surface area contributed by atoms with E-state index in [4.69, 9.17) is 4.74 Å². The van der Waals surface area contributed by atoms with Crippen molar-refractivity contribution in [3.8, 4) is 11.5 Å². The first-order chi connectivity index (χ1) is 15.3. The average Bonchev–Trinajstić information content (AvgIpc) is 3.06. The van der Waals surface area contributed by atoms with Crippen molar-refractivity contribution >= 4 is 39.1 Å². The summed E-state index contributed by atoms with van der Waals surface area (Å²) in [5.41, 5.74) is 1.54. The SMILES string of the molecule is COc1ccc(/C(O)=C2/C(=O)C(=O)N(c3cc(C)ccc3O)C2c2ccccn2)cc1Br. The minimum Gasteiger partial charge on any atom is -0.507 e. The Labute approximate surface area is 192 Å². The number of hydrogen-bond acceptors (Lipinski definition) is 6. The van der Waals surface area contributed by atoms with Crippen molar-refractivity contribution in [1.29, 1.82) is 0 Å². The van der Waals surface area contributed by atoms with Crippen LogP contribution in [0.1, 0.15) is 22.9 Å². The summed E-state index contributed by atoms with van der Waals surface area (Å²) in [5.74, 6) is -1.70. The van der Waals surface area contributed by atoms with Crippen LogP contribution in [0.25, 0.3) is 5.76 Å². The first kappa shape index (κ1) is 21.6. The number of benzene rings is 2. The van der Waals surface area contributed by atoms with Crippen LogP contribution in [-0.2, 0) is 9.59 Å². The van der Waals surface area contributed by atoms with Crippen LogP contribution in [0.4, 0.5) is 5.69 Å². The lowest BCUT2D eigenvalue weighted by molar-refractivity contribution is -0.132. The number of carbonyl (C=O) groups is 2. The number of pyridine rings is 1. The highest BCUT2D eigenvalue weighted by Gasteiger charge is 2.48. The highest BCUT2D eigenvalue weighted by Crippen LogP contribution is 2.44. The largest absolute Gasteiger partial charge is 0.507 e. The van der Waals surface area contributed by atoms with Crippen molar-refractivity contribution in [1.82, 2.24) is 4.98 Å². The molecule has 1 amide bonds. The second-order valence-corrected chi connectivity index (χ2v) is 8.12. The number of nitrogens with zero attached hydrogens (tertiary/aromatic N) is 2. The highest BCUT2D eigenvalue weighted by molar-refractivity contribution is 9.10. The number of ether oxygens (including phenoxy) is 1. The zero-order chi connectivity index (χ0) is 23.0. The zero-order valence-corrected chi connectivity index (χ0v) is 18.8. The van der Waals surface area contributed by atoms with E-state index < -0.39 is 17.7 Å². The monoisotopic (exact) mass is 494 g/mol. The van der Waals surface area contributed by atoms with Gasteiger partial charge in [0.25, 0.3) is 11.7 Å². The van der Waals surface area contributed by atoms with Crippen LogP contribution in [0.3, 0.4) is 0 Å². The molecule has 32 heavy (non-hydrogen) atoms. The second kappa shape index (κ2) is 8.47. The smallest absolute Gasteiger partial charge is 0.300 e. The van der Waals surface area contributed by atoms with Gasteiger partial charge in [0.2, 0.25) is 0 Å². The molecule has 1 fully saturated rings. The maximum Gasteiger partial charge on any atom is 0.300 e. The van der Waals surface area contributed by atoms with E-state index in [1.54, 1.807) is 48.5 Å². The summed E-state index contributed by atoms with van der Waals surface area (Å²) < 4.78 is 5.79. The molecule has 0 radical (unpaired) electrons. The van der Waals surface area contributed by atoms with Gasteiger partial charge in [-0.15, -0.1) is 0 Å². The number of amides is 1. The normalized spacial score (nSPS) is 17.6. The van der Waals surface area contributed by atoms with Crippen LogP contribution in [0.2, 0.25) is 0 Å². The topological polar surface area (TPSA) is 100.0 Å². The molecule has 2 aromatic carbocycles. The van der Waals surface area contributed by atoms with E-state index in [-0.39, 0.29) is 22.8 Å². The number of halogens is 1. The molecule has 8 heteroatoms. The molecule has 3 aromatic rings. The number of aromatic hydroxyl groups is 1. The number of aliphatic hydroxyl groups is 1. The molecule has 0 bridgehead atoms. The van der Waals surface area contributed by atoms with E-state index in [2.05, 4.69) is 20.9 Å². The lowest BCUT2D eigenvalue weighted by atomic mass is 9.98. The molecule has 1 unspecified atom stereocenters. The van der Waals surface area contributed by atoms with Gasteiger partial charge < -0.3 is 14.9 Å². The van der Waals surface area contributed by atoms with Crippen LogP contribution in [-0.4, -0.2) is 34.0 Å². The number of rotatable bonds is 4. The number of ketones is 1. The van der Waals surface area contributed by atoms with Crippen LogP contribution in [0.15, 0.2) is 70.8 Å². The number of aryl methyl sites for hydroxylation is 1. The number of aromatic nitrogens is 1. The van der Waals surface area contributed by atoms with Gasteiger partial charge in [0.15, 0.2) is 0 Å². The number of methoxy groups -OCH3 is 1. The third-order valence-corrected chi connectivity index (χ3v) is 5.85. The van der Waals surface area contributed by atoms with E-state index in [1.807, 2.05) is 6.92 Å². The van der Waals surface area contributed by atoms with E-state index in [0.29, 0.717) is 21.5 Å². The van der Waals surface area contributed by atoms with Crippen molar-refractivity contribution in [2.24, 2.45) is 0 Å². The Bertz CT molecular complexity index is 1260. The first-order valence-electron chi connectivity index (χ1n) is 9.69. The van der Waals surface area contributed by atoms with E-state index in [9.17, 15) is 19.8 Å². The summed E-state index contributed by atoms with van der Waals surface area (Å²) in [6.07, 6.45) is 1.54. The molecular formula is C24H19BrN2O5. The van der Waals surface area contributed by atoms with Crippen molar-refractivity contribution in [2.75, 3.05) is 12.0 Å². The third-order valence-electron chi connectivity index (χ3n) is 5.23. The van der Waals surface area contributed by atoms with Crippen LogP contribution in [0, 0.1) is 6.92 Å². The summed E-state index contributed by atoms with van der Waals surface area (Å²) in [4.78, 5) is 31.8. The number of anilines is 1. The lowest BCUT2D eigenvalue weighted by Crippen LogP contribution is -2.30. The van der Waals surface area contributed by atoms with Gasteiger partial charge in [-0.05, 0) is 70.9 Å². The minimum atomic E-state index is -1.02. The Kier molecular flexibility index (Phi) is 5.71. The molecule has 0 aliphatic carbocycles. The Morgan fingerprint density at radius 2 is 1.91 bits per heavy atom. The van der Waals surface area contributed by atoms with Gasteiger partial charge in [0.1, 0.15) is 23.3 Å². The molecule has 4 rings (SSSR count). The Hall–Kier alpha value is -3.65. The summed E-state index contributed by atoms with van der Waals surface area (Å²) in [5, 5.41) is 21.6. The van der Waals surface area contributed by atoms with Gasteiger partial charge in [-0.1, -0.05) is 12.1 Å². The number of Topliss-reactive ketones (excluding diaryl/α,β-unsaturated/α-hetero) is 1. The Balaban J connectivity index is 1.96. The predicted molar refractivity (Wildman–Crippen MR) is 123 cm³/mol. The number of phenolic OH excluding ortho intramolecular Hbond substituents is 1. The number of carbonyl (C=O) groups excluding carboxylic acids is 2. The fourth-order valence-electron chi connectivity index (χ4n) is 3.69. The van der Waals surface area contributed by atoms with Crippen LogP contribution < -0.4 is 9.64 Å². The van der Waals surface area contributed by atoms with Gasteiger partial charge in [-0.25, -0.2) is 0 Å². The average molecular weight is 495 g/mol. The molecule has 1 aromatic heterocycles. The maximum atomic E-state index is 13.1. The van der Waals surface area contributed by atoms with Gasteiger partial charge in [0.05, 0.1) is 28.5 Å². The van der Waals surface area contributed by atoms with Gasteiger partial charge in [0, 0.05) is 11.8 Å². The van der Waals surface area contributed by atoms with Gasteiger partial charge in [-0.2, -0.15) is 0 Å². The molecule has 7 nitrogen and oxygen atoms in total. The summed E-state index contributed by atoms with van der Waals surface area (Å²) >= 11 is 3.37. The lowest BCUT2D eigenvalue weighted by Gasteiger charge is -2.25. The maximum absolute atomic E-state index is 13.1. The van der Waals surface area contributed by atoms with Crippen LogP contribution >= 0.6 is 15.9 Å². The molecule has 1 saturated heterocycles. The molecule has 1 aliphatic heterocycles. The number of aliphatic hydroxyl groups excluding tert-OH is 1. The van der Waals surface area contributed by atoms with Crippen molar-refractivity contribution in [3.63, 3.8) is 0 Å². The van der Waals surface area contributed by atoms with Crippen LogP contribution in [0.5, 0.6) is 11.5 Å². The van der Waals surface area contributed by atoms with E-state index >= 15 is 0 Å². The van der Waals surface area contributed by atoms with Crippen molar-refractivity contribution in [3.05, 3.63) is 87.7 Å². The van der Waals surface area contributed by atoms with E-state index in [0.717, 1.165) is 5.56 Å². The fraction of sp³-hybridized carbons (Fsp3) is 0.125. The standard InChI is InChI=1S/C24H19BrN2O5/c1-13-6-8-18(28)17(11-13)27-21(16-5-3-4-10-26-16)20(23(30)24(27)31)22(29)14-7-9-19(32-2)15(25)12-14/h3-12,21,28-29H,1-2H3/b22-20-. The van der Waals surface area contributed by atoms with Crippen molar-refractivity contribution < 1.29 is 24.5 Å². The third kappa shape index (κ3) is 3.62. The number of hydrogen-bond donors (Lipinski definition) is 2. The van der Waals surface area contributed by atoms with E-state index in [1.165, 1.54) is 24.3 Å². The Morgan fingerprint density at radius 3 is 2.56 bits per heavy atom. The summed E-state index contributed by atoms with van der Waals surface area (Å²) in [6, 6.07) is 13.7. The van der Waals surface area contributed by atoms with Gasteiger partial charge >= 0.3 is 0 Å². The molecule has 2 N–H and O–H groups in total. The second-order valence-electron chi connectivity index (χ2n) is 7.27. The molecule has 0 saturated carbocycles. The number of phenols is 1. The summed E-state index contributed by atoms with van der Waals surface area (Å²) in [6.45, 7) is 1.81. The molecular weight excluding hydrogens is 476 g/mol. The highest BCUT2D eigenvalue weighted by atomic mass is 79.9. The zero-order valence-electron chi connectivity index (χ0n) is 17.2.